The van der Waals surface area contributed by atoms with Gasteiger partial charge in [0.2, 0.25) is 0 Å². The smallest absolute Gasteiger partial charge is 0.312 e. The summed E-state index contributed by atoms with van der Waals surface area (Å²) in [5.74, 6) is 2.53. The summed E-state index contributed by atoms with van der Waals surface area (Å²) in [6, 6.07) is 8.53. The Hall–Kier alpha value is -1.43. The van der Waals surface area contributed by atoms with Crippen LogP contribution in [0.2, 0.25) is 0 Å². The van der Waals surface area contributed by atoms with Crippen LogP contribution < -0.4 is 0 Å². The molecule has 0 bridgehead atoms. The fraction of sp³-hybridized carbons (Fsp3) is 0.684. The van der Waals surface area contributed by atoms with Gasteiger partial charge < -0.3 is 4.74 Å². The zero-order valence-electron chi connectivity index (χ0n) is 26.9. The molecule has 0 N–H and O–H groups in total. The van der Waals surface area contributed by atoms with Crippen molar-refractivity contribution in [2.75, 3.05) is 7.11 Å². The maximum atomic E-state index is 14.1. The molecule has 9 atom stereocenters. The van der Waals surface area contributed by atoms with Gasteiger partial charge in [-0.25, -0.2) is 0 Å². The van der Waals surface area contributed by atoms with E-state index >= 15 is 0 Å². The summed E-state index contributed by atoms with van der Waals surface area (Å²) < 4.78 is 6.75. The predicted molar refractivity (Wildman–Crippen MR) is 179 cm³/mol. The average Bonchev–Trinajstić information content (AvgIpc) is 3.33. The number of fused-ring (bicyclic) bond motifs is 7. The maximum absolute atomic E-state index is 14.1. The summed E-state index contributed by atoms with van der Waals surface area (Å²) in [7, 11) is 1.59. The molecule has 5 fully saturated rings. The second-order valence-electron chi connectivity index (χ2n) is 16.3. The van der Waals surface area contributed by atoms with Crippen LogP contribution in [-0.2, 0) is 14.3 Å². The molecule has 0 aromatic heterocycles. The molecule has 3 nitrogen and oxygen atoms in total. The number of benzene rings is 1. The number of allylic oxidation sites excluding steroid dienone is 2. The number of carbonyl (C=O) groups excluding carboxylic acids is 2. The quantitative estimate of drug-likeness (QED) is 0.138. The van der Waals surface area contributed by atoms with Crippen molar-refractivity contribution in [3.63, 3.8) is 0 Å². The summed E-state index contributed by atoms with van der Waals surface area (Å²) in [5, 5.41) is 0. The second kappa shape index (κ2) is 10.0. The monoisotopic (exact) mass is 682 g/mol. The van der Waals surface area contributed by atoms with E-state index in [1.807, 2.05) is 0 Å². The van der Waals surface area contributed by atoms with Crippen molar-refractivity contribution in [2.45, 2.75) is 99.3 Å². The number of carbonyl (C=O) groups is 2. The van der Waals surface area contributed by atoms with E-state index in [4.69, 9.17) is 4.74 Å². The number of ketones is 1. The van der Waals surface area contributed by atoms with E-state index in [1.54, 1.807) is 7.11 Å². The van der Waals surface area contributed by atoms with E-state index in [9.17, 15) is 9.59 Å². The van der Waals surface area contributed by atoms with Crippen LogP contribution in [0.1, 0.15) is 105 Å². The highest BCUT2D eigenvalue weighted by Gasteiger charge is 2.72. The molecule has 5 aliphatic carbocycles. The molecule has 0 saturated heterocycles. The fourth-order valence-corrected chi connectivity index (χ4v) is 13.0. The van der Waals surface area contributed by atoms with Crippen LogP contribution in [0.15, 0.2) is 42.0 Å². The highest BCUT2D eigenvalue weighted by molar-refractivity contribution is 14.1. The molecule has 5 saturated carbocycles. The lowest BCUT2D eigenvalue weighted by Crippen LogP contribution is -2.67. The Morgan fingerprint density at radius 2 is 1.71 bits per heavy atom. The maximum Gasteiger partial charge on any atom is 0.312 e. The lowest BCUT2D eigenvalue weighted by Gasteiger charge is -2.72. The molecule has 0 radical (unpaired) electrons. The summed E-state index contributed by atoms with van der Waals surface area (Å²) >= 11 is 2.36. The molecule has 0 unspecified atom stereocenters. The third-order valence-corrected chi connectivity index (χ3v) is 15.1. The molecule has 228 valence electrons. The van der Waals surface area contributed by atoms with Gasteiger partial charge >= 0.3 is 5.97 Å². The van der Waals surface area contributed by atoms with Gasteiger partial charge in [-0.15, -0.1) is 0 Å². The molecule has 0 spiro atoms. The predicted octanol–water partition coefficient (Wildman–Crippen LogP) is 9.68. The first-order chi connectivity index (χ1) is 19.7. The van der Waals surface area contributed by atoms with Crippen molar-refractivity contribution >= 4 is 40.4 Å². The van der Waals surface area contributed by atoms with Crippen molar-refractivity contribution in [3.05, 3.63) is 51.1 Å². The Labute approximate surface area is 267 Å². The van der Waals surface area contributed by atoms with Gasteiger partial charge in [-0.2, -0.15) is 0 Å². The minimum absolute atomic E-state index is 0.0270. The number of hydrogen-bond acceptors (Lipinski definition) is 3. The van der Waals surface area contributed by atoms with Crippen molar-refractivity contribution in [1.29, 1.82) is 0 Å². The molecule has 1 aromatic rings. The lowest BCUT2D eigenvalue weighted by molar-refractivity contribution is -0.232. The number of hydrogen-bond donors (Lipinski definition) is 0. The summed E-state index contributed by atoms with van der Waals surface area (Å²) in [6.07, 6.45) is 11.7. The first-order valence-electron chi connectivity index (χ1n) is 16.4. The van der Waals surface area contributed by atoms with Crippen LogP contribution in [0, 0.1) is 60.2 Å². The molecule has 4 heteroatoms. The Bertz CT molecular complexity index is 1360. The standard InChI is InChI=1S/C38H51IO3/c1-23(2)27-14-17-38(33(41)42-8)19-18-36(6)28(31(27)38)12-13-30-35(5)22-25(20-24-10-9-11-26(39)21-24)32(40)34(3,4)29(35)15-16-37(30,36)7/h9-11,20-21,27-31H,1,12-19,22H2,2-8H3/t27-,28-,29-,30+,31+,35+,36+,37-,38+/m1/s1. The average molecular weight is 683 g/mol. The Morgan fingerprint density at radius 3 is 2.38 bits per heavy atom. The van der Waals surface area contributed by atoms with E-state index in [0.717, 1.165) is 56.1 Å². The largest absolute Gasteiger partial charge is 0.469 e. The number of rotatable bonds is 3. The summed E-state index contributed by atoms with van der Waals surface area (Å²) in [6.45, 7) is 18.9. The van der Waals surface area contributed by atoms with Crippen LogP contribution in [0.5, 0.6) is 0 Å². The topological polar surface area (TPSA) is 43.4 Å². The number of methoxy groups -OCH3 is 1. The van der Waals surface area contributed by atoms with E-state index in [-0.39, 0.29) is 33.0 Å². The van der Waals surface area contributed by atoms with Gasteiger partial charge in [-0.1, -0.05) is 58.9 Å². The van der Waals surface area contributed by atoms with E-state index in [2.05, 4.69) is 101 Å². The van der Waals surface area contributed by atoms with Gasteiger partial charge in [-0.3, -0.25) is 9.59 Å². The highest BCUT2D eigenvalue weighted by Crippen LogP contribution is 2.77. The van der Waals surface area contributed by atoms with Crippen LogP contribution in [0.3, 0.4) is 0 Å². The number of halogens is 1. The van der Waals surface area contributed by atoms with E-state index in [0.29, 0.717) is 35.4 Å². The molecular weight excluding hydrogens is 631 g/mol. The molecule has 0 heterocycles. The Kier molecular flexibility index (Phi) is 7.31. The molecule has 0 amide bonds. The molecule has 42 heavy (non-hydrogen) atoms. The van der Waals surface area contributed by atoms with Crippen LogP contribution in [0.25, 0.3) is 6.08 Å². The molecule has 5 aliphatic rings. The van der Waals surface area contributed by atoms with Gasteiger partial charge in [0.15, 0.2) is 5.78 Å². The van der Waals surface area contributed by atoms with E-state index < -0.39 is 0 Å². The minimum atomic E-state index is -0.372. The highest BCUT2D eigenvalue weighted by atomic mass is 127. The zero-order valence-corrected chi connectivity index (χ0v) is 29.1. The van der Waals surface area contributed by atoms with Gasteiger partial charge in [0.05, 0.1) is 12.5 Å². The van der Waals surface area contributed by atoms with Crippen LogP contribution >= 0.6 is 22.6 Å². The van der Waals surface area contributed by atoms with Crippen LogP contribution in [-0.4, -0.2) is 18.9 Å². The van der Waals surface area contributed by atoms with Crippen molar-refractivity contribution in [3.8, 4) is 0 Å². The zero-order chi connectivity index (χ0) is 30.5. The SMILES string of the molecule is C=C(C)[C@H]1CC[C@]2(C(=O)OC)CC[C@@]3(C)[C@H](CC[C@H]4[C@@]5(C)CC(=Cc6cccc(I)c6)C(=O)C(C)(C)[C@H]5CC[C@]43C)[C@H]12. The minimum Gasteiger partial charge on any atom is -0.469 e. The normalized spacial score (nSPS) is 44.9. The molecule has 1 aromatic carbocycles. The first-order valence-corrected chi connectivity index (χ1v) is 17.5. The van der Waals surface area contributed by atoms with Gasteiger partial charge in [0.25, 0.3) is 0 Å². The number of ether oxygens (including phenoxy) is 1. The second-order valence-corrected chi connectivity index (χ2v) is 17.5. The van der Waals surface area contributed by atoms with Crippen molar-refractivity contribution < 1.29 is 14.3 Å². The van der Waals surface area contributed by atoms with Crippen LogP contribution in [0.4, 0.5) is 0 Å². The number of Topliss-reactive ketones (excluding diaryl/α,β-unsaturated/α-hetero) is 1. The van der Waals surface area contributed by atoms with Gasteiger partial charge in [0.1, 0.15) is 0 Å². The number of esters is 1. The van der Waals surface area contributed by atoms with Gasteiger partial charge in [0, 0.05) is 8.99 Å². The third-order valence-electron chi connectivity index (χ3n) is 14.4. The third kappa shape index (κ3) is 4.01. The van der Waals surface area contributed by atoms with Crippen molar-refractivity contribution in [1.82, 2.24) is 0 Å². The molecular formula is C38H51IO3. The summed E-state index contributed by atoms with van der Waals surface area (Å²) in [4.78, 5) is 27.6. The molecule has 0 aliphatic heterocycles. The molecule has 6 rings (SSSR count). The Morgan fingerprint density at radius 1 is 0.976 bits per heavy atom. The Balaban J connectivity index is 1.42. The first kappa shape index (κ1) is 30.6. The van der Waals surface area contributed by atoms with Crippen molar-refractivity contribution in [2.24, 2.45) is 56.7 Å². The fourth-order valence-electron chi connectivity index (χ4n) is 12.5. The van der Waals surface area contributed by atoms with Gasteiger partial charge in [-0.05, 0) is 162 Å². The lowest BCUT2D eigenvalue weighted by atomic mass is 9.32. The van der Waals surface area contributed by atoms with E-state index in [1.165, 1.54) is 22.0 Å². The summed E-state index contributed by atoms with van der Waals surface area (Å²) in [5.41, 5.74) is 3.05.